The first-order valence-electron chi connectivity index (χ1n) is 8.26. The third-order valence-electron chi connectivity index (χ3n) is 4.28. The Morgan fingerprint density at radius 3 is 2.58 bits per heavy atom. The molecule has 0 atom stereocenters. The van der Waals surface area contributed by atoms with Gasteiger partial charge in [-0.25, -0.2) is 0 Å². The Bertz CT molecular complexity index is 1160. The molecule has 2 aromatic heterocycles. The van der Waals surface area contributed by atoms with E-state index in [1.54, 1.807) is 34.9 Å². The van der Waals surface area contributed by atoms with Gasteiger partial charge in [-0.3, -0.25) is 18.6 Å². The van der Waals surface area contributed by atoms with E-state index < -0.39 is 0 Å². The van der Waals surface area contributed by atoms with Crippen molar-refractivity contribution in [1.29, 1.82) is 0 Å². The summed E-state index contributed by atoms with van der Waals surface area (Å²) in [7, 11) is 0. The summed E-state index contributed by atoms with van der Waals surface area (Å²) in [6.07, 6.45) is 0.784. The molecule has 7 nitrogen and oxygen atoms in total. The van der Waals surface area contributed by atoms with E-state index in [2.05, 4.69) is 10.2 Å². The van der Waals surface area contributed by atoms with Crippen molar-refractivity contribution in [2.45, 2.75) is 20.1 Å². The predicted molar refractivity (Wildman–Crippen MR) is 96.6 cm³/mol. The number of hydrogen-bond acceptors (Lipinski definition) is 5. The van der Waals surface area contributed by atoms with Gasteiger partial charge in [0.1, 0.15) is 18.6 Å². The van der Waals surface area contributed by atoms with Crippen molar-refractivity contribution >= 4 is 23.0 Å². The lowest BCUT2D eigenvalue weighted by molar-refractivity contribution is 0.112. The molecule has 0 saturated carbocycles. The first kappa shape index (κ1) is 16.0. The molecular weight excluding hydrogens is 332 g/mol. The number of para-hydroxylation sites is 1. The number of benzene rings is 2. The molecule has 0 N–H and O–H groups in total. The Hall–Kier alpha value is -3.48. The molecule has 0 aliphatic heterocycles. The van der Waals surface area contributed by atoms with Crippen LogP contribution in [0.25, 0.3) is 16.7 Å². The SMILES string of the molecule is CCn1c(=O)c2ccccc2n2c(COc3ccc(C=O)cc3)nnc12. The van der Waals surface area contributed by atoms with Crippen LogP contribution in [0.2, 0.25) is 0 Å². The van der Waals surface area contributed by atoms with Crippen LogP contribution in [0.1, 0.15) is 23.1 Å². The van der Waals surface area contributed by atoms with Crippen molar-refractivity contribution in [3.8, 4) is 5.75 Å². The lowest BCUT2D eigenvalue weighted by Gasteiger charge is -2.10. The summed E-state index contributed by atoms with van der Waals surface area (Å²) in [6, 6.07) is 14.2. The normalized spacial score (nSPS) is 11.1. The van der Waals surface area contributed by atoms with Gasteiger partial charge in [0, 0.05) is 12.1 Å². The van der Waals surface area contributed by atoms with Crippen LogP contribution in [0.5, 0.6) is 5.75 Å². The standard InChI is InChI=1S/C19H16N4O3/c1-2-22-18(25)15-5-3-4-6-16(15)23-17(20-21-19(22)23)12-26-14-9-7-13(11-24)8-10-14/h3-11H,2,12H2,1H3. The van der Waals surface area contributed by atoms with E-state index in [0.717, 1.165) is 11.8 Å². The minimum absolute atomic E-state index is 0.0834. The number of aldehydes is 1. The molecule has 7 heteroatoms. The van der Waals surface area contributed by atoms with E-state index in [0.29, 0.717) is 34.8 Å². The highest BCUT2D eigenvalue weighted by Gasteiger charge is 2.15. The van der Waals surface area contributed by atoms with Crippen molar-refractivity contribution in [3.05, 3.63) is 70.3 Å². The number of nitrogens with zero attached hydrogens (tertiary/aromatic N) is 4. The Morgan fingerprint density at radius 1 is 1.08 bits per heavy atom. The number of fused-ring (bicyclic) bond motifs is 3. The van der Waals surface area contributed by atoms with Gasteiger partial charge in [-0.1, -0.05) is 12.1 Å². The van der Waals surface area contributed by atoms with E-state index in [4.69, 9.17) is 4.74 Å². The van der Waals surface area contributed by atoms with Crippen molar-refractivity contribution in [2.75, 3.05) is 0 Å². The zero-order valence-corrected chi connectivity index (χ0v) is 14.1. The summed E-state index contributed by atoms with van der Waals surface area (Å²) in [6.45, 7) is 2.59. The van der Waals surface area contributed by atoms with E-state index in [1.165, 1.54) is 0 Å². The number of rotatable bonds is 5. The molecule has 0 fully saturated rings. The van der Waals surface area contributed by atoms with Crippen LogP contribution in [-0.2, 0) is 13.2 Å². The first-order valence-corrected chi connectivity index (χ1v) is 8.26. The van der Waals surface area contributed by atoms with Crippen molar-refractivity contribution in [1.82, 2.24) is 19.2 Å². The van der Waals surface area contributed by atoms with Crippen molar-refractivity contribution < 1.29 is 9.53 Å². The Balaban J connectivity index is 1.79. The van der Waals surface area contributed by atoms with Crippen LogP contribution >= 0.6 is 0 Å². The van der Waals surface area contributed by atoms with Gasteiger partial charge in [-0.05, 0) is 43.3 Å². The fraction of sp³-hybridized carbons (Fsp3) is 0.158. The van der Waals surface area contributed by atoms with Gasteiger partial charge in [0.15, 0.2) is 5.82 Å². The molecule has 0 saturated heterocycles. The number of hydrogen-bond donors (Lipinski definition) is 0. The lowest BCUT2D eigenvalue weighted by Crippen LogP contribution is -2.22. The van der Waals surface area contributed by atoms with Gasteiger partial charge < -0.3 is 4.74 Å². The molecule has 0 unspecified atom stereocenters. The molecule has 2 heterocycles. The van der Waals surface area contributed by atoms with Crippen LogP contribution in [-0.4, -0.2) is 25.5 Å². The number of aromatic nitrogens is 4. The molecule has 4 rings (SSSR count). The van der Waals surface area contributed by atoms with Crippen LogP contribution in [0.3, 0.4) is 0 Å². The maximum atomic E-state index is 12.6. The van der Waals surface area contributed by atoms with E-state index in [1.807, 2.05) is 29.5 Å². The highest BCUT2D eigenvalue weighted by atomic mass is 16.5. The molecule has 0 spiro atoms. The number of ether oxygens (including phenoxy) is 1. The summed E-state index contributed by atoms with van der Waals surface area (Å²) in [4.78, 5) is 23.4. The smallest absolute Gasteiger partial charge is 0.262 e. The monoisotopic (exact) mass is 348 g/mol. The highest BCUT2D eigenvalue weighted by molar-refractivity contribution is 5.80. The molecule has 130 valence electrons. The topological polar surface area (TPSA) is 78.5 Å². The Morgan fingerprint density at radius 2 is 1.85 bits per heavy atom. The van der Waals surface area contributed by atoms with E-state index >= 15 is 0 Å². The second-order valence-electron chi connectivity index (χ2n) is 5.79. The van der Waals surface area contributed by atoms with Gasteiger partial charge in [0.2, 0.25) is 5.78 Å². The Kier molecular flexibility index (Phi) is 3.96. The lowest BCUT2D eigenvalue weighted by atomic mass is 10.2. The van der Waals surface area contributed by atoms with Crippen LogP contribution < -0.4 is 10.3 Å². The average molecular weight is 348 g/mol. The highest BCUT2D eigenvalue weighted by Crippen LogP contribution is 2.17. The molecule has 26 heavy (non-hydrogen) atoms. The summed E-state index contributed by atoms with van der Waals surface area (Å²) < 4.78 is 9.23. The summed E-state index contributed by atoms with van der Waals surface area (Å²) >= 11 is 0. The quantitative estimate of drug-likeness (QED) is 0.518. The zero-order chi connectivity index (χ0) is 18.1. The Labute approximate surface area is 148 Å². The average Bonchev–Trinajstić information content (AvgIpc) is 3.11. The van der Waals surface area contributed by atoms with Crippen LogP contribution in [0.4, 0.5) is 0 Å². The van der Waals surface area contributed by atoms with Gasteiger partial charge in [0.05, 0.1) is 10.9 Å². The van der Waals surface area contributed by atoms with Crippen LogP contribution in [0.15, 0.2) is 53.3 Å². The van der Waals surface area contributed by atoms with E-state index in [-0.39, 0.29) is 12.2 Å². The largest absolute Gasteiger partial charge is 0.486 e. The molecule has 2 aromatic carbocycles. The van der Waals surface area contributed by atoms with Crippen LogP contribution in [0, 0.1) is 0 Å². The molecule has 0 bridgehead atoms. The summed E-state index contributed by atoms with van der Waals surface area (Å²) in [5.41, 5.74) is 1.25. The summed E-state index contributed by atoms with van der Waals surface area (Å²) in [5.74, 6) is 1.71. The number of carbonyl (C=O) groups excluding carboxylic acids is 1. The maximum absolute atomic E-state index is 12.6. The molecule has 0 amide bonds. The fourth-order valence-electron chi connectivity index (χ4n) is 2.98. The van der Waals surface area contributed by atoms with Crippen molar-refractivity contribution in [2.24, 2.45) is 0 Å². The minimum atomic E-state index is -0.0834. The molecule has 0 aliphatic carbocycles. The summed E-state index contributed by atoms with van der Waals surface area (Å²) in [5, 5.41) is 9.02. The number of aryl methyl sites for hydroxylation is 1. The number of carbonyl (C=O) groups is 1. The van der Waals surface area contributed by atoms with Crippen molar-refractivity contribution in [3.63, 3.8) is 0 Å². The van der Waals surface area contributed by atoms with Gasteiger partial charge in [0.25, 0.3) is 5.56 Å². The molecule has 4 aromatic rings. The van der Waals surface area contributed by atoms with Gasteiger partial charge >= 0.3 is 0 Å². The molecular formula is C19H16N4O3. The second kappa shape index (κ2) is 6.44. The first-order chi connectivity index (χ1) is 12.7. The van der Waals surface area contributed by atoms with Gasteiger partial charge in [-0.2, -0.15) is 0 Å². The maximum Gasteiger partial charge on any atom is 0.262 e. The molecule has 0 aliphatic rings. The predicted octanol–water partition coefficient (Wildman–Crippen LogP) is 2.46. The molecule has 0 radical (unpaired) electrons. The minimum Gasteiger partial charge on any atom is -0.486 e. The van der Waals surface area contributed by atoms with Gasteiger partial charge in [-0.15, -0.1) is 10.2 Å². The second-order valence-corrected chi connectivity index (χ2v) is 5.79. The fourth-order valence-corrected chi connectivity index (χ4v) is 2.98. The third-order valence-corrected chi connectivity index (χ3v) is 4.28. The zero-order valence-electron chi connectivity index (χ0n) is 14.1. The third kappa shape index (κ3) is 2.54. The van der Waals surface area contributed by atoms with E-state index in [9.17, 15) is 9.59 Å².